The van der Waals surface area contributed by atoms with E-state index in [1.807, 2.05) is 0 Å². The molecule has 0 aromatic heterocycles. The number of carboxylic acid groups (broad SMARTS) is 1. The summed E-state index contributed by atoms with van der Waals surface area (Å²) in [4.78, 5) is 12.3. The van der Waals surface area contributed by atoms with E-state index in [-0.39, 0.29) is 12.1 Å². The summed E-state index contributed by atoms with van der Waals surface area (Å²) in [6, 6.07) is 0.0139. The van der Waals surface area contributed by atoms with Crippen molar-refractivity contribution in [1.29, 1.82) is 0 Å². The van der Waals surface area contributed by atoms with Crippen LogP contribution in [0.5, 0.6) is 0 Å². The number of nitrogens with zero attached hydrogens (tertiary/aromatic N) is 1. The summed E-state index contributed by atoms with van der Waals surface area (Å²) in [5.74, 6) is 0. The summed E-state index contributed by atoms with van der Waals surface area (Å²) in [5.41, 5.74) is 0. The van der Waals surface area contributed by atoms with E-state index >= 15 is 0 Å². The lowest BCUT2D eigenvalue weighted by Gasteiger charge is -2.42. The lowest BCUT2D eigenvalue weighted by Crippen LogP contribution is -2.60. The quantitative estimate of drug-likeness (QED) is 0.546. The molecule has 0 saturated carbocycles. The van der Waals surface area contributed by atoms with Gasteiger partial charge in [0.25, 0.3) is 0 Å². The molecule has 2 unspecified atom stereocenters. The summed E-state index contributed by atoms with van der Waals surface area (Å²) in [7, 11) is 0. The maximum absolute atomic E-state index is 10.9. The Balaban J connectivity index is 2.06. The van der Waals surface area contributed by atoms with Gasteiger partial charge in [0.2, 0.25) is 0 Å². The second-order valence-corrected chi connectivity index (χ2v) is 3.45. The molecule has 5 heteroatoms. The Morgan fingerprint density at radius 3 is 3.23 bits per heavy atom. The predicted molar refractivity (Wildman–Crippen MR) is 45.7 cm³/mol. The zero-order chi connectivity index (χ0) is 9.26. The number of fused-ring (bicyclic) bond motifs is 1. The minimum Gasteiger partial charge on any atom is -0.465 e. The average molecular weight is 186 g/mol. The van der Waals surface area contributed by atoms with E-state index in [2.05, 4.69) is 5.32 Å². The topological polar surface area (TPSA) is 61.8 Å². The van der Waals surface area contributed by atoms with Crippen LogP contribution < -0.4 is 5.32 Å². The minimum absolute atomic E-state index is 0.0139. The predicted octanol–water partition coefficient (Wildman–Crippen LogP) is -0.273. The molecule has 0 spiro atoms. The van der Waals surface area contributed by atoms with E-state index < -0.39 is 6.09 Å². The fourth-order valence-corrected chi connectivity index (χ4v) is 2.03. The van der Waals surface area contributed by atoms with Gasteiger partial charge in [0, 0.05) is 13.1 Å². The van der Waals surface area contributed by atoms with Crippen molar-refractivity contribution in [2.75, 3.05) is 26.2 Å². The smallest absolute Gasteiger partial charge is 0.407 e. The highest BCUT2D eigenvalue weighted by Crippen LogP contribution is 2.18. The molecule has 2 saturated heterocycles. The maximum Gasteiger partial charge on any atom is 0.407 e. The second-order valence-electron chi connectivity index (χ2n) is 3.45. The standard InChI is InChI=1S/C8H14N2O3/c11-8(12)10-3-4-13-7-1-2-9-5-6(7)10/h6-7,9H,1-5H2,(H,11,12). The zero-order valence-corrected chi connectivity index (χ0v) is 7.40. The highest BCUT2D eigenvalue weighted by atomic mass is 16.5. The molecule has 5 nitrogen and oxygen atoms in total. The minimum atomic E-state index is -0.831. The lowest BCUT2D eigenvalue weighted by atomic mass is 10.0. The van der Waals surface area contributed by atoms with E-state index in [0.717, 1.165) is 19.5 Å². The number of hydrogen-bond acceptors (Lipinski definition) is 3. The van der Waals surface area contributed by atoms with Gasteiger partial charge in [-0.2, -0.15) is 0 Å². The molecule has 2 fully saturated rings. The van der Waals surface area contributed by atoms with Crippen molar-refractivity contribution in [1.82, 2.24) is 10.2 Å². The highest BCUT2D eigenvalue weighted by Gasteiger charge is 2.36. The van der Waals surface area contributed by atoms with E-state index in [1.165, 1.54) is 4.90 Å². The molecular formula is C8H14N2O3. The van der Waals surface area contributed by atoms with Gasteiger partial charge >= 0.3 is 6.09 Å². The van der Waals surface area contributed by atoms with Gasteiger partial charge in [-0.15, -0.1) is 0 Å². The molecule has 1 amide bonds. The fraction of sp³-hybridized carbons (Fsp3) is 0.875. The molecule has 13 heavy (non-hydrogen) atoms. The Hall–Kier alpha value is -0.810. The first-order chi connectivity index (χ1) is 6.29. The third-order valence-corrected chi connectivity index (χ3v) is 2.70. The first kappa shape index (κ1) is 8.77. The van der Waals surface area contributed by atoms with Gasteiger partial charge in [0.05, 0.1) is 18.8 Å². The van der Waals surface area contributed by atoms with Crippen molar-refractivity contribution in [3.05, 3.63) is 0 Å². The molecule has 2 aliphatic heterocycles. The first-order valence-corrected chi connectivity index (χ1v) is 4.61. The van der Waals surface area contributed by atoms with Crippen molar-refractivity contribution < 1.29 is 14.6 Å². The van der Waals surface area contributed by atoms with Crippen LogP contribution in [0, 0.1) is 0 Å². The van der Waals surface area contributed by atoms with E-state index in [0.29, 0.717) is 13.2 Å². The number of piperidine rings is 1. The van der Waals surface area contributed by atoms with Crippen LogP contribution in [0.1, 0.15) is 6.42 Å². The lowest BCUT2D eigenvalue weighted by molar-refractivity contribution is -0.0723. The van der Waals surface area contributed by atoms with Crippen molar-refractivity contribution >= 4 is 6.09 Å². The molecule has 0 aliphatic carbocycles. The van der Waals surface area contributed by atoms with Crippen LogP contribution >= 0.6 is 0 Å². The number of amides is 1. The molecule has 0 radical (unpaired) electrons. The summed E-state index contributed by atoms with van der Waals surface area (Å²) in [6.45, 7) is 2.68. The van der Waals surface area contributed by atoms with Crippen molar-refractivity contribution in [3.8, 4) is 0 Å². The van der Waals surface area contributed by atoms with Gasteiger partial charge in [-0.3, -0.25) is 4.90 Å². The van der Waals surface area contributed by atoms with Crippen molar-refractivity contribution in [2.45, 2.75) is 18.6 Å². The summed E-state index contributed by atoms with van der Waals surface area (Å²) >= 11 is 0. The molecular weight excluding hydrogens is 172 g/mol. The number of hydrogen-bond donors (Lipinski definition) is 2. The largest absolute Gasteiger partial charge is 0.465 e. The Bertz CT molecular complexity index is 208. The number of ether oxygens (including phenoxy) is 1. The van der Waals surface area contributed by atoms with Gasteiger partial charge < -0.3 is 15.2 Å². The van der Waals surface area contributed by atoms with Crippen molar-refractivity contribution in [3.63, 3.8) is 0 Å². The molecule has 0 aromatic carbocycles. The number of rotatable bonds is 0. The Labute approximate surface area is 76.7 Å². The number of carbonyl (C=O) groups is 1. The van der Waals surface area contributed by atoms with Gasteiger partial charge in [0.15, 0.2) is 0 Å². The van der Waals surface area contributed by atoms with E-state index in [1.54, 1.807) is 0 Å². The van der Waals surface area contributed by atoms with Gasteiger partial charge in [-0.1, -0.05) is 0 Å². The number of morpholine rings is 1. The van der Waals surface area contributed by atoms with Crippen LogP contribution in [0.2, 0.25) is 0 Å². The zero-order valence-electron chi connectivity index (χ0n) is 7.40. The Kier molecular flexibility index (Phi) is 2.37. The Morgan fingerprint density at radius 1 is 1.62 bits per heavy atom. The Morgan fingerprint density at radius 2 is 2.46 bits per heavy atom. The molecule has 2 rings (SSSR count). The summed E-state index contributed by atoms with van der Waals surface area (Å²) in [5, 5.41) is 12.1. The van der Waals surface area contributed by atoms with E-state index in [4.69, 9.17) is 9.84 Å². The van der Waals surface area contributed by atoms with Crippen LogP contribution in [0.15, 0.2) is 0 Å². The molecule has 2 aliphatic rings. The molecule has 2 N–H and O–H groups in total. The van der Waals surface area contributed by atoms with Crippen molar-refractivity contribution in [2.24, 2.45) is 0 Å². The highest BCUT2D eigenvalue weighted by molar-refractivity contribution is 5.65. The third-order valence-electron chi connectivity index (χ3n) is 2.70. The van der Waals surface area contributed by atoms with Gasteiger partial charge in [0.1, 0.15) is 0 Å². The van der Waals surface area contributed by atoms with Crippen LogP contribution in [0.3, 0.4) is 0 Å². The molecule has 74 valence electrons. The van der Waals surface area contributed by atoms with Gasteiger partial charge in [-0.05, 0) is 13.0 Å². The molecule has 0 bridgehead atoms. The summed E-state index contributed by atoms with van der Waals surface area (Å²) in [6.07, 6.45) is 0.183. The second kappa shape index (κ2) is 3.51. The van der Waals surface area contributed by atoms with E-state index in [9.17, 15) is 4.79 Å². The van der Waals surface area contributed by atoms with Gasteiger partial charge in [-0.25, -0.2) is 4.79 Å². The van der Waals surface area contributed by atoms with Crippen LogP contribution in [-0.4, -0.2) is 54.5 Å². The van der Waals surface area contributed by atoms with Crippen LogP contribution in [0.25, 0.3) is 0 Å². The fourth-order valence-electron chi connectivity index (χ4n) is 2.03. The summed E-state index contributed by atoms with van der Waals surface area (Å²) < 4.78 is 5.52. The molecule has 0 aromatic rings. The van der Waals surface area contributed by atoms with Crippen LogP contribution in [-0.2, 0) is 4.74 Å². The SMILES string of the molecule is O=C(O)N1CCOC2CCNCC21. The molecule has 2 heterocycles. The first-order valence-electron chi connectivity index (χ1n) is 4.61. The third kappa shape index (κ3) is 1.62. The van der Waals surface area contributed by atoms with Crippen LogP contribution in [0.4, 0.5) is 4.79 Å². The monoisotopic (exact) mass is 186 g/mol. The average Bonchev–Trinajstić information content (AvgIpc) is 2.17. The normalized spacial score (nSPS) is 34.0. The molecule has 2 atom stereocenters. The number of nitrogens with one attached hydrogen (secondary N) is 1. The maximum atomic E-state index is 10.9.